The maximum absolute atomic E-state index is 12.9. The van der Waals surface area contributed by atoms with Gasteiger partial charge in [-0.3, -0.25) is 9.36 Å². The number of aromatic nitrogens is 3. The summed E-state index contributed by atoms with van der Waals surface area (Å²) in [5.74, 6) is 1.04. The van der Waals surface area contributed by atoms with Crippen molar-refractivity contribution in [2.24, 2.45) is 5.92 Å². The Balaban J connectivity index is 1.71. The molecular formula is C20H24N4O3. The van der Waals surface area contributed by atoms with Crippen molar-refractivity contribution in [1.29, 1.82) is 5.26 Å². The van der Waals surface area contributed by atoms with Crippen molar-refractivity contribution in [1.82, 2.24) is 14.3 Å². The van der Waals surface area contributed by atoms with Crippen LogP contribution in [-0.2, 0) is 9.53 Å². The van der Waals surface area contributed by atoms with E-state index in [0.717, 1.165) is 32.1 Å². The van der Waals surface area contributed by atoms with Gasteiger partial charge in [-0.05, 0) is 69.2 Å². The zero-order valence-corrected chi connectivity index (χ0v) is 15.7. The molecule has 0 radical (unpaired) electrons. The number of rotatable bonds is 5. The fourth-order valence-corrected chi connectivity index (χ4v) is 3.86. The zero-order valence-electron chi connectivity index (χ0n) is 15.7. The van der Waals surface area contributed by atoms with Gasteiger partial charge in [0, 0.05) is 12.5 Å². The molecule has 1 aromatic carbocycles. The summed E-state index contributed by atoms with van der Waals surface area (Å²) in [7, 11) is 1.42. The van der Waals surface area contributed by atoms with Crippen LogP contribution in [0.3, 0.4) is 0 Å². The third-order valence-corrected chi connectivity index (χ3v) is 5.39. The lowest BCUT2D eigenvalue weighted by Gasteiger charge is -2.29. The Morgan fingerprint density at radius 2 is 1.93 bits per heavy atom. The van der Waals surface area contributed by atoms with Crippen molar-refractivity contribution in [2.75, 3.05) is 7.11 Å². The van der Waals surface area contributed by atoms with E-state index >= 15 is 0 Å². The number of benzene rings is 1. The number of nitriles is 1. The monoisotopic (exact) mass is 368 g/mol. The Kier molecular flexibility index (Phi) is 5.75. The molecule has 0 spiro atoms. The Morgan fingerprint density at radius 1 is 1.26 bits per heavy atom. The van der Waals surface area contributed by atoms with E-state index in [4.69, 9.17) is 10.00 Å². The molecule has 1 aromatic heterocycles. The van der Waals surface area contributed by atoms with Gasteiger partial charge in [-0.2, -0.15) is 15.0 Å². The molecule has 1 saturated carbocycles. The third kappa shape index (κ3) is 4.11. The predicted octanol–water partition coefficient (Wildman–Crippen LogP) is 2.90. The molecule has 1 aliphatic rings. The fraction of sp³-hybridized carbons (Fsp3) is 0.500. The number of nitrogens with zero attached hydrogens (tertiary/aromatic N) is 4. The summed E-state index contributed by atoms with van der Waals surface area (Å²) >= 11 is 0. The number of esters is 1. The van der Waals surface area contributed by atoms with Gasteiger partial charge in [0.2, 0.25) is 0 Å². The van der Waals surface area contributed by atoms with E-state index in [-0.39, 0.29) is 17.7 Å². The number of aryl methyl sites for hydroxylation is 1. The summed E-state index contributed by atoms with van der Waals surface area (Å²) in [5, 5.41) is 13.3. The SMILES string of the molecule is COC(=O)CCC1CCC(n2c(C)nn(-c3ccc(C#N)cc3)c2=O)CC1. The highest BCUT2D eigenvalue weighted by molar-refractivity contribution is 5.69. The topological polar surface area (TPSA) is 89.9 Å². The number of hydrogen-bond acceptors (Lipinski definition) is 5. The molecule has 0 atom stereocenters. The Bertz CT molecular complexity index is 897. The second-order valence-electron chi connectivity index (χ2n) is 7.06. The van der Waals surface area contributed by atoms with Gasteiger partial charge in [0.05, 0.1) is 24.4 Å². The maximum atomic E-state index is 12.9. The van der Waals surface area contributed by atoms with Crippen LogP contribution in [0, 0.1) is 24.2 Å². The molecule has 0 bridgehead atoms. The van der Waals surface area contributed by atoms with E-state index in [1.165, 1.54) is 11.8 Å². The minimum Gasteiger partial charge on any atom is -0.469 e. The summed E-state index contributed by atoms with van der Waals surface area (Å²) < 4.78 is 7.90. The van der Waals surface area contributed by atoms with Crippen LogP contribution in [-0.4, -0.2) is 27.4 Å². The highest BCUT2D eigenvalue weighted by Crippen LogP contribution is 2.34. The first-order valence-electron chi connectivity index (χ1n) is 9.29. The fourth-order valence-electron chi connectivity index (χ4n) is 3.86. The first kappa shape index (κ1) is 18.9. The second-order valence-corrected chi connectivity index (χ2v) is 7.06. The van der Waals surface area contributed by atoms with Crippen LogP contribution in [0.25, 0.3) is 5.69 Å². The van der Waals surface area contributed by atoms with Crippen molar-refractivity contribution < 1.29 is 9.53 Å². The lowest BCUT2D eigenvalue weighted by Crippen LogP contribution is -2.30. The van der Waals surface area contributed by atoms with Crippen LogP contribution < -0.4 is 5.69 Å². The minimum atomic E-state index is -0.159. The number of ether oxygens (including phenoxy) is 1. The van der Waals surface area contributed by atoms with E-state index in [2.05, 4.69) is 11.2 Å². The van der Waals surface area contributed by atoms with Crippen LogP contribution in [0.2, 0.25) is 0 Å². The first-order valence-corrected chi connectivity index (χ1v) is 9.29. The smallest absolute Gasteiger partial charge is 0.350 e. The average Bonchev–Trinajstić information content (AvgIpc) is 3.00. The highest BCUT2D eigenvalue weighted by atomic mass is 16.5. The largest absolute Gasteiger partial charge is 0.469 e. The molecule has 7 nitrogen and oxygen atoms in total. The number of methoxy groups -OCH3 is 1. The molecule has 142 valence electrons. The molecule has 0 unspecified atom stereocenters. The average molecular weight is 368 g/mol. The van der Waals surface area contributed by atoms with Crippen molar-refractivity contribution in [3.63, 3.8) is 0 Å². The standard InChI is InChI=1S/C20H24N4O3/c1-14-22-24(18-10-5-16(13-21)6-11-18)20(26)23(14)17-8-3-15(4-9-17)7-12-19(25)27-2/h5-6,10-11,15,17H,3-4,7-9,12H2,1-2H3. The van der Waals surface area contributed by atoms with E-state index in [0.29, 0.717) is 29.4 Å². The Hall–Kier alpha value is -2.88. The molecule has 0 amide bonds. The van der Waals surface area contributed by atoms with Gasteiger partial charge in [-0.15, -0.1) is 0 Å². The molecule has 3 rings (SSSR count). The van der Waals surface area contributed by atoms with Gasteiger partial charge >= 0.3 is 11.7 Å². The molecule has 1 heterocycles. The summed E-state index contributed by atoms with van der Waals surface area (Å²) in [6.07, 6.45) is 5.11. The van der Waals surface area contributed by atoms with Crippen LogP contribution in [0.15, 0.2) is 29.1 Å². The molecule has 1 fully saturated rings. The van der Waals surface area contributed by atoms with E-state index in [1.807, 2.05) is 6.92 Å². The van der Waals surface area contributed by atoms with Crippen LogP contribution >= 0.6 is 0 Å². The van der Waals surface area contributed by atoms with Gasteiger partial charge in [-0.25, -0.2) is 4.79 Å². The van der Waals surface area contributed by atoms with Gasteiger partial charge in [-0.1, -0.05) is 0 Å². The summed E-state index contributed by atoms with van der Waals surface area (Å²) in [5.41, 5.74) is 1.07. The molecule has 0 N–H and O–H groups in total. The van der Waals surface area contributed by atoms with E-state index in [1.54, 1.807) is 28.8 Å². The van der Waals surface area contributed by atoms with Gasteiger partial charge in [0.1, 0.15) is 5.82 Å². The normalized spacial score (nSPS) is 19.4. The summed E-state index contributed by atoms with van der Waals surface area (Å²) in [4.78, 5) is 24.2. The van der Waals surface area contributed by atoms with Crippen LogP contribution in [0.5, 0.6) is 0 Å². The van der Waals surface area contributed by atoms with Gasteiger partial charge in [0.15, 0.2) is 0 Å². The predicted molar refractivity (Wildman–Crippen MR) is 99.5 cm³/mol. The van der Waals surface area contributed by atoms with Crippen molar-refractivity contribution in [2.45, 2.75) is 51.5 Å². The molecule has 1 aliphatic carbocycles. The lowest BCUT2D eigenvalue weighted by atomic mass is 9.83. The summed E-state index contributed by atoms with van der Waals surface area (Å²) in [6, 6.07) is 9.05. The van der Waals surface area contributed by atoms with Gasteiger partial charge in [0.25, 0.3) is 0 Å². The molecular weight excluding hydrogens is 344 g/mol. The zero-order chi connectivity index (χ0) is 19.4. The molecule has 0 aliphatic heterocycles. The van der Waals surface area contributed by atoms with Gasteiger partial charge < -0.3 is 4.74 Å². The van der Waals surface area contributed by atoms with E-state index in [9.17, 15) is 9.59 Å². The van der Waals surface area contributed by atoms with Crippen molar-refractivity contribution in [3.05, 3.63) is 46.1 Å². The third-order valence-electron chi connectivity index (χ3n) is 5.39. The first-order chi connectivity index (χ1) is 13.0. The second kappa shape index (κ2) is 8.21. The number of hydrogen-bond donors (Lipinski definition) is 0. The maximum Gasteiger partial charge on any atom is 0.350 e. The molecule has 27 heavy (non-hydrogen) atoms. The number of carbonyl (C=O) groups is 1. The van der Waals surface area contributed by atoms with Crippen LogP contribution in [0.1, 0.15) is 56.0 Å². The Morgan fingerprint density at radius 3 is 2.52 bits per heavy atom. The molecule has 2 aromatic rings. The lowest BCUT2D eigenvalue weighted by molar-refractivity contribution is -0.141. The van der Waals surface area contributed by atoms with Crippen molar-refractivity contribution >= 4 is 5.97 Å². The molecule has 7 heteroatoms. The quantitative estimate of drug-likeness (QED) is 0.757. The van der Waals surface area contributed by atoms with E-state index < -0.39 is 0 Å². The Labute approximate surface area is 158 Å². The van der Waals surface area contributed by atoms with Crippen molar-refractivity contribution in [3.8, 4) is 11.8 Å². The molecule has 0 saturated heterocycles. The number of carbonyl (C=O) groups excluding carboxylic acids is 1. The van der Waals surface area contributed by atoms with Crippen LogP contribution in [0.4, 0.5) is 0 Å². The highest BCUT2D eigenvalue weighted by Gasteiger charge is 2.26. The minimum absolute atomic E-state index is 0.138. The summed E-state index contributed by atoms with van der Waals surface area (Å²) in [6.45, 7) is 1.85.